The highest BCUT2D eigenvalue weighted by Gasteiger charge is 2.85. The van der Waals surface area contributed by atoms with E-state index in [1.807, 2.05) is 0 Å². The van der Waals surface area contributed by atoms with E-state index in [1.165, 1.54) is 0 Å². The Labute approximate surface area is 144 Å². The lowest BCUT2D eigenvalue weighted by molar-refractivity contribution is -0.870. The summed E-state index contributed by atoms with van der Waals surface area (Å²) in [6.45, 7) is 3.96. The molecule has 2 nitrogen and oxygen atoms in total. The van der Waals surface area contributed by atoms with Gasteiger partial charge in [-0.05, 0) is 26.2 Å². The summed E-state index contributed by atoms with van der Waals surface area (Å²) >= 11 is 0. The summed E-state index contributed by atoms with van der Waals surface area (Å²) in [5.41, 5.74) is -0.291. The number of quaternary nitrogens is 1. The van der Waals surface area contributed by atoms with Crippen LogP contribution in [0.3, 0.4) is 0 Å². The predicted octanol–water partition coefficient (Wildman–Crippen LogP) is 4.95. The van der Waals surface area contributed by atoms with Gasteiger partial charge in [0, 0.05) is 12.0 Å². The van der Waals surface area contributed by atoms with Crippen molar-refractivity contribution in [3.63, 3.8) is 0 Å². The molecule has 0 spiro atoms. The Hall–Kier alpha value is -1.26. The van der Waals surface area contributed by atoms with Gasteiger partial charge in [0.1, 0.15) is 0 Å². The van der Waals surface area contributed by atoms with Gasteiger partial charge < -0.3 is 0 Å². The molecule has 0 bridgehead atoms. The topological polar surface area (TPSA) is 17.1 Å². The van der Waals surface area contributed by atoms with Gasteiger partial charge in [-0.2, -0.15) is 39.5 Å². The van der Waals surface area contributed by atoms with Crippen LogP contribution < -0.4 is 0 Å². The van der Waals surface area contributed by atoms with E-state index in [0.29, 0.717) is 0 Å². The second kappa shape index (κ2) is 6.72. The molecular formula is C15H19F9NO+. The molecule has 0 aromatic heterocycles. The van der Waals surface area contributed by atoms with Gasteiger partial charge in [-0.1, -0.05) is 6.58 Å². The minimum absolute atomic E-state index is 0.120. The van der Waals surface area contributed by atoms with E-state index < -0.39 is 53.3 Å². The third-order valence-corrected chi connectivity index (χ3v) is 4.70. The zero-order valence-corrected chi connectivity index (χ0v) is 14.1. The highest BCUT2D eigenvalue weighted by molar-refractivity contribution is 5.86. The minimum atomic E-state index is -6.97. The van der Waals surface area contributed by atoms with E-state index in [4.69, 9.17) is 0 Å². The first-order valence-corrected chi connectivity index (χ1v) is 7.70. The van der Waals surface area contributed by atoms with Crippen molar-refractivity contribution in [2.45, 2.75) is 62.6 Å². The molecule has 0 N–H and O–H groups in total. The van der Waals surface area contributed by atoms with Crippen LogP contribution in [-0.2, 0) is 4.79 Å². The molecule has 1 heterocycles. The predicted molar refractivity (Wildman–Crippen MR) is 74.0 cm³/mol. The Morgan fingerprint density at radius 3 is 1.85 bits per heavy atom. The number of rotatable bonds is 4. The second-order valence-electron chi connectivity index (χ2n) is 6.71. The summed E-state index contributed by atoms with van der Waals surface area (Å²) in [6.07, 6.45) is -7.43. The van der Waals surface area contributed by atoms with Gasteiger partial charge >= 0.3 is 29.9 Å². The van der Waals surface area contributed by atoms with Crippen molar-refractivity contribution in [1.29, 1.82) is 0 Å². The molecule has 1 aliphatic heterocycles. The average Bonchev–Trinajstić information content (AvgIpc) is 2.67. The largest absolute Gasteiger partial charge is 0.460 e. The maximum Gasteiger partial charge on any atom is 0.460 e. The van der Waals surface area contributed by atoms with Crippen LogP contribution >= 0.6 is 0 Å². The number of hydrogen-bond donors (Lipinski definition) is 0. The molecule has 2 unspecified atom stereocenters. The van der Waals surface area contributed by atoms with E-state index in [2.05, 4.69) is 6.58 Å². The fourth-order valence-corrected chi connectivity index (χ4v) is 3.21. The van der Waals surface area contributed by atoms with Crippen molar-refractivity contribution in [2.24, 2.45) is 0 Å². The third-order valence-electron chi connectivity index (χ3n) is 4.70. The Kier molecular flexibility index (Phi) is 5.89. The van der Waals surface area contributed by atoms with Gasteiger partial charge in [-0.15, -0.1) is 0 Å². The summed E-state index contributed by atoms with van der Waals surface area (Å²) < 4.78 is 119. The summed E-state index contributed by atoms with van der Waals surface area (Å²) in [5.74, 6) is -20.6. The quantitative estimate of drug-likeness (QED) is 0.371. The van der Waals surface area contributed by atoms with E-state index >= 15 is 0 Å². The first-order chi connectivity index (χ1) is 11.4. The molecule has 0 aliphatic carbocycles. The average molecular weight is 400 g/mol. The fourth-order valence-electron chi connectivity index (χ4n) is 3.21. The van der Waals surface area contributed by atoms with Crippen LogP contribution in [0.25, 0.3) is 0 Å². The molecular weight excluding hydrogens is 381 g/mol. The second-order valence-corrected chi connectivity index (χ2v) is 6.71. The lowest BCUT2D eigenvalue weighted by Gasteiger charge is -2.44. The Bertz CT molecular complexity index is 570. The lowest BCUT2D eigenvalue weighted by atomic mass is 9.91. The van der Waals surface area contributed by atoms with Crippen molar-refractivity contribution >= 4 is 5.91 Å². The molecule has 11 heteroatoms. The molecule has 1 amide bonds. The summed E-state index contributed by atoms with van der Waals surface area (Å²) in [4.78, 5) is 12.3. The van der Waals surface area contributed by atoms with Crippen LogP contribution in [0.5, 0.6) is 0 Å². The molecule has 0 aromatic carbocycles. The highest BCUT2D eigenvalue weighted by Crippen LogP contribution is 2.56. The monoisotopic (exact) mass is 400 g/mol. The lowest BCUT2D eigenvalue weighted by Crippen LogP contribution is -2.71. The summed E-state index contributed by atoms with van der Waals surface area (Å²) in [7, 11) is 0.836. The van der Waals surface area contributed by atoms with Gasteiger partial charge in [0.15, 0.2) is 6.04 Å². The molecule has 1 saturated heterocycles. The number of alkyl halides is 9. The van der Waals surface area contributed by atoms with E-state index in [1.54, 1.807) is 0 Å². The number of carbonyl (C=O) groups is 1. The van der Waals surface area contributed by atoms with E-state index in [0.717, 1.165) is 14.0 Å². The number of amides is 1. The van der Waals surface area contributed by atoms with Crippen LogP contribution in [0.15, 0.2) is 12.2 Å². The van der Waals surface area contributed by atoms with E-state index in [-0.39, 0.29) is 24.8 Å². The minimum Gasteiger partial charge on any atom is -0.251 e. The fraction of sp³-hybridized carbons (Fsp3) is 0.800. The smallest absolute Gasteiger partial charge is 0.251 e. The van der Waals surface area contributed by atoms with Crippen LogP contribution in [0.4, 0.5) is 39.5 Å². The molecule has 1 aliphatic rings. The number of likely N-dealkylation sites (tertiary alicyclic amines) is 1. The molecule has 0 saturated carbocycles. The SMILES string of the molecule is C=C(C)C(=O)[N+]1(C)CCCCCC1C(F)(F)C(F)(F)C(F)(F)C(F)(F)F. The summed E-state index contributed by atoms with van der Waals surface area (Å²) in [5, 5.41) is 0. The van der Waals surface area contributed by atoms with Gasteiger partial charge in [-0.25, -0.2) is 4.79 Å². The van der Waals surface area contributed by atoms with E-state index in [9.17, 15) is 44.3 Å². The van der Waals surface area contributed by atoms with Crippen molar-refractivity contribution in [2.75, 3.05) is 13.6 Å². The zero-order valence-electron chi connectivity index (χ0n) is 14.1. The molecule has 1 rings (SSSR count). The number of carbonyl (C=O) groups excluding carboxylic acids is 1. The molecule has 152 valence electrons. The standard InChI is InChI=1S/C15H19F9NO/c1-9(2)11(26)25(3)8-6-4-5-7-10(25)12(16,17)13(18,19)14(20,21)15(22,23)24/h10H,1,4-8H2,2-3H3/q+1. The van der Waals surface area contributed by atoms with Gasteiger partial charge in [-0.3, -0.25) is 4.48 Å². The molecule has 0 radical (unpaired) electrons. The Morgan fingerprint density at radius 2 is 1.42 bits per heavy atom. The zero-order chi connectivity index (χ0) is 20.8. The van der Waals surface area contributed by atoms with Gasteiger partial charge in [0.25, 0.3) is 0 Å². The Balaban J connectivity index is 3.54. The van der Waals surface area contributed by atoms with Crippen LogP contribution in [0, 0.1) is 0 Å². The van der Waals surface area contributed by atoms with Crippen LogP contribution in [0.2, 0.25) is 0 Å². The maximum absolute atomic E-state index is 14.5. The molecule has 2 atom stereocenters. The van der Waals surface area contributed by atoms with Crippen molar-refractivity contribution in [1.82, 2.24) is 0 Å². The number of halogens is 9. The van der Waals surface area contributed by atoms with Crippen molar-refractivity contribution in [3.05, 3.63) is 12.2 Å². The first kappa shape index (κ1) is 22.8. The normalized spacial score (nSPS) is 26.3. The molecule has 0 aromatic rings. The van der Waals surface area contributed by atoms with Crippen LogP contribution in [-0.4, -0.2) is 54.0 Å². The maximum atomic E-state index is 14.5. The molecule has 26 heavy (non-hydrogen) atoms. The summed E-state index contributed by atoms with van der Waals surface area (Å²) in [6, 6.07) is -2.75. The Morgan fingerprint density at radius 1 is 0.923 bits per heavy atom. The van der Waals surface area contributed by atoms with Crippen LogP contribution in [0.1, 0.15) is 32.6 Å². The number of likely N-dealkylation sites (N-methyl/N-ethyl adjacent to an activating group) is 1. The number of hydrogen-bond acceptors (Lipinski definition) is 1. The van der Waals surface area contributed by atoms with Crippen molar-refractivity contribution < 1.29 is 48.8 Å². The third kappa shape index (κ3) is 3.34. The first-order valence-electron chi connectivity index (χ1n) is 7.70. The van der Waals surface area contributed by atoms with Gasteiger partial charge in [0.05, 0.1) is 13.6 Å². The number of nitrogens with zero attached hydrogens (tertiary/aromatic N) is 1. The highest BCUT2D eigenvalue weighted by atomic mass is 19.4. The molecule has 1 fully saturated rings. The van der Waals surface area contributed by atoms with Gasteiger partial charge in [0.2, 0.25) is 0 Å². The van der Waals surface area contributed by atoms with Crippen molar-refractivity contribution in [3.8, 4) is 0 Å².